The average Bonchev–Trinajstić information content (AvgIpc) is 3.17. The second-order valence-corrected chi connectivity index (χ2v) is 9.32. The van der Waals surface area contributed by atoms with Gasteiger partial charge in [-0.05, 0) is 49.8 Å². The van der Waals surface area contributed by atoms with Crippen molar-refractivity contribution < 1.29 is 19.1 Å². The lowest BCUT2D eigenvalue weighted by atomic mass is 10.0. The summed E-state index contributed by atoms with van der Waals surface area (Å²) in [4.78, 5) is 42.4. The first kappa shape index (κ1) is 22.6. The summed E-state index contributed by atoms with van der Waals surface area (Å²) in [6, 6.07) is 14.9. The summed E-state index contributed by atoms with van der Waals surface area (Å²) < 4.78 is 5.36. The van der Waals surface area contributed by atoms with Gasteiger partial charge in [0.15, 0.2) is 0 Å². The van der Waals surface area contributed by atoms with E-state index in [1.807, 2.05) is 47.4 Å². The van der Waals surface area contributed by atoms with E-state index in [0.29, 0.717) is 35.7 Å². The number of nitrogens with one attached hydrogen (secondary N) is 1. The molecule has 3 amide bonds. The van der Waals surface area contributed by atoms with Gasteiger partial charge in [-0.15, -0.1) is 0 Å². The van der Waals surface area contributed by atoms with Crippen LogP contribution in [0.25, 0.3) is 0 Å². The Morgan fingerprint density at radius 1 is 0.912 bits per heavy atom. The number of amides is 3. The molecule has 1 N–H and O–H groups in total. The molecular weight excluding hydrogens is 430 g/mol. The fourth-order valence-corrected chi connectivity index (χ4v) is 5.24. The van der Waals surface area contributed by atoms with E-state index in [1.165, 1.54) is 0 Å². The molecule has 3 aliphatic heterocycles. The van der Waals surface area contributed by atoms with Gasteiger partial charge < -0.3 is 15.0 Å². The second-order valence-electron chi connectivity index (χ2n) is 9.32. The van der Waals surface area contributed by atoms with Gasteiger partial charge in [0.05, 0.1) is 11.3 Å². The molecule has 3 aliphatic rings. The molecule has 0 saturated carbocycles. The Morgan fingerprint density at radius 2 is 1.65 bits per heavy atom. The molecule has 7 heteroatoms. The van der Waals surface area contributed by atoms with Gasteiger partial charge in [0.2, 0.25) is 5.91 Å². The minimum absolute atomic E-state index is 0.0458. The molecule has 0 aliphatic carbocycles. The maximum absolute atomic E-state index is 13.4. The first-order chi connectivity index (χ1) is 16.6. The fourth-order valence-electron chi connectivity index (χ4n) is 5.24. The van der Waals surface area contributed by atoms with Gasteiger partial charge in [0, 0.05) is 43.9 Å². The van der Waals surface area contributed by atoms with E-state index in [2.05, 4.69) is 5.32 Å². The number of hydrogen-bond donors (Lipinski definition) is 1. The monoisotopic (exact) mass is 461 g/mol. The molecule has 3 heterocycles. The minimum Gasteiger partial charge on any atom is -0.381 e. The van der Waals surface area contributed by atoms with Crippen LogP contribution in [0.15, 0.2) is 48.5 Å². The molecule has 0 unspecified atom stereocenters. The predicted molar refractivity (Wildman–Crippen MR) is 128 cm³/mol. The summed E-state index contributed by atoms with van der Waals surface area (Å²) in [5.41, 5.74) is 2.77. The van der Waals surface area contributed by atoms with E-state index in [9.17, 15) is 14.4 Å². The molecule has 0 aromatic heterocycles. The number of ether oxygens (including phenoxy) is 1. The van der Waals surface area contributed by atoms with Crippen molar-refractivity contribution >= 4 is 23.4 Å². The van der Waals surface area contributed by atoms with Crippen LogP contribution in [-0.2, 0) is 9.53 Å². The molecule has 1 fully saturated rings. The molecule has 178 valence electrons. The van der Waals surface area contributed by atoms with Crippen LogP contribution in [0.1, 0.15) is 71.0 Å². The van der Waals surface area contributed by atoms with Crippen molar-refractivity contribution in [2.24, 2.45) is 5.92 Å². The molecule has 0 spiro atoms. The number of benzene rings is 2. The number of rotatable bonds is 8. The number of carbonyl (C=O) groups is 3. The SMILES string of the molecule is O=C(CCCCCN1C(=O)c2ccccc2N2C(=O)c3ccccc3[C@@H]12)NCC1CCOCC1. The van der Waals surface area contributed by atoms with Crippen LogP contribution in [0.5, 0.6) is 0 Å². The molecule has 7 nitrogen and oxygen atoms in total. The Bertz CT molecular complexity index is 1080. The third-order valence-corrected chi connectivity index (χ3v) is 7.11. The van der Waals surface area contributed by atoms with Crippen molar-refractivity contribution in [3.05, 3.63) is 65.2 Å². The highest BCUT2D eigenvalue weighted by atomic mass is 16.5. The van der Waals surface area contributed by atoms with E-state index in [0.717, 1.165) is 57.4 Å². The molecule has 1 saturated heterocycles. The van der Waals surface area contributed by atoms with Crippen molar-refractivity contribution in [2.75, 3.05) is 31.2 Å². The highest BCUT2D eigenvalue weighted by molar-refractivity contribution is 6.16. The second kappa shape index (κ2) is 9.97. The largest absolute Gasteiger partial charge is 0.381 e. The smallest absolute Gasteiger partial charge is 0.260 e. The van der Waals surface area contributed by atoms with Crippen LogP contribution < -0.4 is 10.2 Å². The lowest BCUT2D eigenvalue weighted by Crippen LogP contribution is -2.48. The number of fused-ring (bicyclic) bond motifs is 5. The average molecular weight is 462 g/mol. The normalized spacial score (nSPS) is 19.6. The Kier molecular flexibility index (Phi) is 6.63. The molecule has 2 aromatic carbocycles. The van der Waals surface area contributed by atoms with Gasteiger partial charge >= 0.3 is 0 Å². The predicted octanol–water partition coefficient (Wildman–Crippen LogP) is 3.90. The zero-order valence-electron chi connectivity index (χ0n) is 19.4. The third kappa shape index (κ3) is 4.32. The van der Waals surface area contributed by atoms with Crippen LogP contribution in [0.4, 0.5) is 5.69 Å². The van der Waals surface area contributed by atoms with Crippen LogP contribution in [-0.4, -0.2) is 48.9 Å². The summed E-state index contributed by atoms with van der Waals surface area (Å²) >= 11 is 0. The van der Waals surface area contributed by atoms with Gasteiger partial charge in [-0.2, -0.15) is 0 Å². The van der Waals surface area contributed by atoms with E-state index in [4.69, 9.17) is 4.74 Å². The quantitative estimate of drug-likeness (QED) is 0.605. The van der Waals surface area contributed by atoms with E-state index in [-0.39, 0.29) is 17.7 Å². The van der Waals surface area contributed by atoms with Gasteiger partial charge in [-0.25, -0.2) is 0 Å². The highest BCUT2D eigenvalue weighted by Crippen LogP contribution is 2.45. The molecule has 0 radical (unpaired) electrons. The van der Waals surface area contributed by atoms with E-state index in [1.54, 1.807) is 11.0 Å². The summed E-state index contributed by atoms with van der Waals surface area (Å²) in [5, 5.41) is 3.05. The molecule has 0 bridgehead atoms. The van der Waals surface area contributed by atoms with Gasteiger partial charge in [0.25, 0.3) is 11.8 Å². The standard InChI is InChI=1S/C27H31N3O4/c31-24(28-18-19-13-16-34-17-14-19)12-2-1-7-15-29-25-20-8-3-4-9-21(20)27(33)30(25)23-11-6-5-10-22(23)26(29)32/h3-6,8-11,19,25H,1-2,7,12-18H2,(H,28,31)/t25-/m0/s1. The number of anilines is 1. The summed E-state index contributed by atoms with van der Waals surface area (Å²) in [6.07, 6.45) is 4.52. The Labute approximate surface area is 200 Å². The Hall–Kier alpha value is -3.19. The van der Waals surface area contributed by atoms with Crippen LogP contribution >= 0.6 is 0 Å². The van der Waals surface area contributed by atoms with Crippen LogP contribution in [0, 0.1) is 5.92 Å². The molecule has 2 aromatic rings. The first-order valence-electron chi connectivity index (χ1n) is 12.3. The topological polar surface area (TPSA) is 79.0 Å². The van der Waals surface area contributed by atoms with Crippen LogP contribution in [0.3, 0.4) is 0 Å². The van der Waals surface area contributed by atoms with Crippen molar-refractivity contribution in [3.63, 3.8) is 0 Å². The van der Waals surface area contributed by atoms with Crippen molar-refractivity contribution in [1.29, 1.82) is 0 Å². The minimum atomic E-state index is -0.408. The fraction of sp³-hybridized carbons (Fsp3) is 0.444. The van der Waals surface area contributed by atoms with E-state index >= 15 is 0 Å². The van der Waals surface area contributed by atoms with Gasteiger partial charge in [0.1, 0.15) is 6.17 Å². The van der Waals surface area contributed by atoms with Gasteiger partial charge in [-0.3, -0.25) is 19.3 Å². The molecule has 34 heavy (non-hydrogen) atoms. The maximum atomic E-state index is 13.4. The number of hydrogen-bond acceptors (Lipinski definition) is 4. The lowest BCUT2D eigenvalue weighted by molar-refractivity contribution is -0.121. The first-order valence-corrected chi connectivity index (χ1v) is 12.3. The number of unbranched alkanes of at least 4 members (excludes halogenated alkanes) is 2. The van der Waals surface area contributed by atoms with Crippen LogP contribution in [0.2, 0.25) is 0 Å². The highest BCUT2D eigenvalue weighted by Gasteiger charge is 2.47. The van der Waals surface area contributed by atoms with Crippen molar-refractivity contribution in [2.45, 2.75) is 44.7 Å². The summed E-state index contributed by atoms with van der Waals surface area (Å²) in [5.74, 6) is 0.504. The van der Waals surface area contributed by atoms with E-state index < -0.39 is 6.17 Å². The zero-order valence-corrected chi connectivity index (χ0v) is 19.4. The Balaban J connectivity index is 1.19. The van der Waals surface area contributed by atoms with Crippen molar-refractivity contribution in [1.82, 2.24) is 10.2 Å². The zero-order chi connectivity index (χ0) is 23.5. The summed E-state index contributed by atoms with van der Waals surface area (Å²) in [6.45, 7) is 2.85. The molecule has 1 atom stereocenters. The number of nitrogens with zero attached hydrogens (tertiary/aromatic N) is 2. The van der Waals surface area contributed by atoms with Gasteiger partial charge in [-0.1, -0.05) is 36.8 Å². The van der Waals surface area contributed by atoms with Crippen molar-refractivity contribution in [3.8, 4) is 0 Å². The molecule has 5 rings (SSSR count). The summed E-state index contributed by atoms with van der Waals surface area (Å²) in [7, 11) is 0. The lowest BCUT2D eigenvalue weighted by Gasteiger charge is -2.41. The number of carbonyl (C=O) groups excluding carboxylic acids is 3. The third-order valence-electron chi connectivity index (χ3n) is 7.11. The number of para-hydroxylation sites is 1. The molecular formula is C27H31N3O4. The maximum Gasteiger partial charge on any atom is 0.260 e. The Morgan fingerprint density at radius 3 is 2.47 bits per heavy atom.